The Morgan fingerprint density at radius 2 is 2.21 bits per heavy atom. The van der Waals surface area contributed by atoms with E-state index < -0.39 is 5.97 Å². The molecular formula is C9H7ClN2O2. The largest absolute Gasteiger partial charge is 0.480 e. The Labute approximate surface area is 84.7 Å². The van der Waals surface area contributed by atoms with Crippen molar-refractivity contribution in [2.45, 2.75) is 6.54 Å². The highest BCUT2D eigenvalue weighted by atomic mass is 35.5. The van der Waals surface area contributed by atoms with Gasteiger partial charge in [-0.2, -0.15) is 0 Å². The van der Waals surface area contributed by atoms with Crippen molar-refractivity contribution in [2.24, 2.45) is 0 Å². The maximum absolute atomic E-state index is 10.6. The predicted molar refractivity (Wildman–Crippen MR) is 52.4 cm³/mol. The van der Waals surface area contributed by atoms with Crippen LogP contribution in [0.5, 0.6) is 0 Å². The van der Waals surface area contributed by atoms with Crippen LogP contribution in [-0.4, -0.2) is 20.6 Å². The minimum atomic E-state index is -0.935. The second-order valence-electron chi connectivity index (χ2n) is 2.85. The molecule has 1 heterocycles. The number of carboxylic acids is 1. The highest BCUT2D eigenvalue weighted by Gasteiger charge is 2.10. The minimum absolute atomic E-state index is 0.167. The molecule has 0 atom stereocenters. The number of nitrogens with zero attached hydrogens (tertiary/aromatic N) is 2. The van der Waals surface area contributed by atoms with E-state index in [1.807, 2.05) is 12.1 Å². The number of hydrogen-bond acceptors (Lipinski definition) is 2. The van der Waals surface area contributed by atoms with Gasteiger partial charge in [-0.3, -0.25) is 4.79 Å². The van der Waals surface area contributed by atoms with Crippen LogP contribution in [0.1, 0.15) is 0 Å². The molecule has 0 aliphatic rings. The predicted octanol–water partition coefficient (Wildman–Crippen LogP) is 1.77. The molecule has 0 spiro atoms. The zero-order valence-corrected chi connectivity index (χ0v) is 7.90. The highest BCUT2D eigenvalue weighted by molar-refractivity contribution is 6.29. The van der Waals surface area contributed by atoms with Gasteiger partial charge in [-0.25, -0.2) is 4.98 Å². The Morgan fingerprint density at radius 3 is 2.93 bits per heavy atom. The van der Waals surface area contributed by atoms with Gasteiger partial charge in [0.1, 0.15) is 6.54 Å². The highest BCUT2D eigenvalue weighted by Crippen LogP contribution is 2.18. The lowest BCUT2D eigenvalue weighted by Gasteiger charge is -2.00. The number of halogens is 1. The van der Waals surface area contributed by atoms with Crippen LogP contribution in [0.4, 0.5) is 0 Å². The number of benzene rings is 1. The van der Waals surface area contributed by atoms with Crippen LogP contribution in [0.3, 0.4) is 0 Å². The molecule has 14 heavy (non-hydrogen) atoms. The number of fused-ring (bicyclic) bond motifs is 1. The number of para-hydroxylation sites is 2. The lowest BCUT2D eigenvalue weighted by atomic mass is 10.3. The Morgan fingerprint density at radius 1 is 1.50 bits per heavy atom. The van der Waals surface area contributed by atoms with Crippen molar-refractivity contribution < 1.29 is 9.90 Å². The number of aliphatic carboxylic acids is 1. The Kier molecular flexibility index (Phi) is 2.13. The number of rotatable bonds is 2. The van der Waals surface area contributed by atoms with Gasteiger partial charge in [0.15, 0.2) is 0 Å². The topological polar surface area (TPSA) is 55.1 Å². The van der Waals surface area contributed by atoms with E-state index in [2.05, 4.69) is 4.98 Å². The summed E-state index contributed by atoms with van der Waals surface area (Å²) in [6, 6.07) is 7.23. The first kappa shape index (κ1) is 9.02. The summed E-state index contributed by atoms with van der Waals surface area (Å²) in [7, 11) is 0. The molecule has 0 fully saturated rings. The fraction of sp³-hybridized carbons (Fsp3) is 0.111. The second-order valence-corrected chi connectivity index (χ2v) is 3.19. The zero-order chi connectivity index (χ0) is 10.1. The number of aromatic nitrogens is 2. The molecule has 0 saturated heterocycles. The van der Waals surface area contributed by atoms with Crippen molar-refractivity contribution in [2.75, 3.05) is 0 Å². The van der Waals surface area contributed by atoms with E-state index >= 15 is 0 Å². The summed E-state index contributed by atoms with van der Waals surface area (Å²) < 4.78 is 1.46. The van der Waals surface area contributed by atoms with E-state index in [0.717, 1.165) is 5.52 Å². The van der Waals surface area contributed by atoms with E-state index in [1.54, 1.807) is 12.1 Å². The maximum Gasteiger partial charge on any atom is 0.323 e. The summed E-state index contributed by atoms with van der Waals surface area (Å²) in [5, 5.41) is 8.86. The quantitative estimate of drug-likeness (QED) is 0.822. The van der Waals surface area contributed by atoms with Gasteiger partial charge in [0.25, 0.3) is 0 Å². The molecule has 1 aromatic heterocycles. The summed E-state index contributed by atoms with van der Waals surface area (Å²) in [5.74, 6) is -0.935. The zero-order valence-electron chi connectivity index (χ0n) is 7.14. The van der Waals surface area contributed by atoms with Gasteiger partial charge in [-0.05, 0) is 23.7 Å². The van der Waals surface area contributed by atoms with Crippen LogP contribution in [0, 0.1) is 0 Å². The van der Waals surface area contributed by atoms with E-state index in [-0.39, 0.29) is 11.8 Å². The van der Waals surface area contributed by atoms with E-state index in [9.17, 15) is 4.79 Å². The Bertz CT molecular complexity index is 493. The lowest BCUT2D eigenvalue weighted by Crippen LogP contribution is -2.08. The third-order valence-corrected chi connectivity index (χ3v) is 2.19. The average Bonchev–Trinajstić information content (AvgIpc) is 2.43. The molecule has 0 saturated carbocycles. The van der Waals surface area contributed by atoms with Gasteiger partial charge < -0.3 is 9.67 Å². The summed E-state index contributed by atoms with van der Waals surface area (Å²) in [4.78, 5) is 14.6. The molecule has 0 aliphatic carbocycles. The van der Waals surface area contributed by atoms with Crippen LogP contribution < -0.4 is 0 Å². The molecular weight excluding hydrogens is 204 g/mol. The van der Waals surface area contributed by atoms with Gasteiger partial charge in [0.05, 0.1) is 11.0 Å². The van der Waals surface area contributed by atoms with E-state index in [0.29, 0.717) is 5.52 Å². The standard InChI is InChI=1S/C9H7ClN2O2/c10-9-11-6-3-1-2-4-7(6)12(9)5-8(13)14/h1-4H,5H2,(H,13,14). The third kappa shape index (κ3) is 1.44. The number of imidazole rings is 1. The van der Waals surface area contributed by atoms with Crippen molar-refractivity contribution in [1.29, 1.82) is 0 Å². The molecule has 0 amide bonds. The van der Waals surface area contributed by atoms with Crippen LogP contribution in [0.15, 0.2) is 24.3 Å². The first-order valence-electron chi connectivity index (χ1n) is 4.01. The van der Waals surface area contributed by atoms with Crippen molar-refractivity contribution in [3.63, 3.8) is 0 Å². The molecule has 1 aromatic carbocycles. The van der Waals surface area contributed by atoms with Crippen molar-refractivity contribution >= 4 is 28.6 Å². The molecule has 1 N–H and O–H groups in total. The van der Waals surface area contributed by atoms with Crippen LogP contribution in [0.2, 0.25) is 5.28 Å². The molecule has 0 bridgehead atoms. The molecule has 0 unspecified atom stereocenters. The summed E-state index contributed by atoms with van der Waals surface area (Å²) in [5.41, 5.74) is 1.44. The molecule has 4 nitrogen and oxygen atoms in total. The first-order valence-corrected chi connectivity index (χ1v) is 4.39. The maximum atomic E-state index is 10.6. The van der Waals surface area contributed by atoms with Gasteiger partial charge in [0.2, 0.25) is 5.28 Å². The third-order valence-electron chi connectivity index (χ3n) is 1.90. The smallest absolute Gasteiger partial charge is 0.323 e. The molecule has 0 aliphatic heterocycles. The van der Waals surface area contributed by atoms with Crippen molar-refractivity contribution in [3.05, 3.63) is 29.5 Å². The Balaban J connectivity index is 2.62. The van der Waals surface area contributed by atoms with Crippen molar-refractivity contribution in [3.8, 4) is 0 Å². The van der Waals surface area contributed by atoms with E-state index in [4.69, 9.17) is 16.7 Å². The Hall–Kier alpha value is -1.55. The fourth-order valence-electron chi connectivity index (χ4n) is 1.33. The second kappa shape index (κ2) is 3.31. The lowest BCUT2D eigenvalue weighted by molar-refractivity contribution is -0.137. The number of hydrogen-bond donors (Lipinski definition) is 1. The average molecular weight is 211 g/mol. The molecule has 2 aromatic rings. The summed E-state index contributed by atoms with van der Waals surface area (Å²) in [6.45, 7) is -0.167. The van der Waals surface area contributed by atoms with Gasteiger partial charge in [-0.15, -0.1) is 0 Å². The SMILES string of the molecule is O=C(O)Cn1c(Cl)nc2ccccc21. The fourth-order valence-corrected chi connectivity index (χ4v) is 1.57. The van der Waals surface area contributed by atoms with Gasteiger partial charge >= 0.3 is 5.97 Å². The van der Waals surface area contributed by atoms with Crippen molar-refractivity contribution in [1.82, 2.24) is 9.55 Å². The normalized spacial score (nSPS) is 10.6. The molecule has 5 heteroatoms. The van der Waals surface area contributed by atoms with Gasteiger partial charge in [-0.1, -0.05) is 12.1 Å². The van der Waals surface area contributed by atoms with Crippen LogP contribution in [-0.2, 0) is 11.3 Å². The first-order chi connectivity index (χ1) is 6.68. The molecule has 0 radical (unpaired) electrons. The summed E-state index contributed by atoms with van der Waals surface area (Å²) in [6.07, 6.45) is 0. The minimum Gasteiger partial charge on any atom is -0.480 e. The summed E-state index contributed by atoms with van der Waals surface area (Å²) >= 11 is 5.80. The van der Waals surface area contributed by atoms with Crippen LogP contribution >= 0.6 is 11.6 Å². The monoisotopic (exact) mass is 210 g/mol. The van der Waals surface area contributed by atoms with Gasteiger partial charge in [0, 0.05) is 0 Å². The molecule has 72 valence electrons. The number of carbonyl (C=O) groups is 1. The molecule has 2 rings (SSSR count). The van der Waals surface area contributed by atoms with Crippen LogP contribution in [0.25, 0.3) is 11.0 Å². The van der Waals surface area contributed by atoms with E-state index in [1.165, 1.54) is 4.57 Å². The number of carboxylic acid groups (broad SMARTS) is 1.